The molecule has 42 heavy (non-hydrogen) atoms. The van der Waals surface area contributed by atoms with Gasteiger partial charge in [0.15, 0.2) is 0 Å². The van der Waals surface area contributed by atoms with Crippen molar-refractivity contribution in [2.45, 2.75) is 61.0 Å². The predicted molar refractivity (Wildman–Crippen MR) is 150 cm³/mol. The number of esters is 3. The highest BCUT2D eigenvalue weighted by atomic mass is 16.7. The molecule has 0 spiro atoms. The summed E-state index contributed by atoms with van der Waals surface area (Å²) in [4.78, 5) is 61.9. The quantitative estimate of drug-likeness (QED) is 0.271. The summed E-state index contributed by atoms with van der Waals surface area (Å²) in [5.41, 5.74) is 0.552. The van der Waals surface area contributed by atoms with Crippen LogP contribution in [0.1, 0.15) is 60.5 Å². The van der Waals surface area contributed by atoms with Gasteiger partial charge in [0.25, 0.3) is 0 Å². The topological polar surface area (TPSA) is 167 Å². The molecule has 4 atom stereocenters. The number of carbonyl (C=O) groups excluding carboxylic acids is 5. The van der Waals surface area contributed by atoms with Crippen molar-refractivity contribution in [2.24, 2.45) is 28.6 Å². The largest absolute Gasteiger partial charge is 0.427 e. The molecule has 0 saturated heterocycles. The van der Waals surface area contributed by atoms with Crippen LogP contribution in [0.4, 0.5) is 10.5 Å². The molecular weight excluding hydrogens is 548 g/mol. The van der Waals surface area contributed by atoms with Crippen LogP contribution in [-0.4, -0.2) is 61.2 Å². The summed E-state index contributed by atoms with van der Waals surface area (Å²) in [6.45, 7) is 10.5. The zero-order chi connectivity index (χ0) is 31.4. The second-order valence-electron chi connectivity index (χ2n) is 12.5. The standard InChI is InChI=1S/C30H40N2O10/c1-16(33)21-20-12-19(23(22(20)24(21)34)25(35)39-14-40-26(36)29(2,3)4)17-9-8-10-18(11-17)31-13-32-28(38)42-15-41-27(37)30(5,6)7/h8-11,16,20-22,31,33H,12-15H2,1-7H3,(H,32,38)/t16-,20?,21-,22?/m1/s1. The number of amides is 1. The van der Waals surface area contributed by atoms with E-state index in [1.54, 1.807) is 72.7 Å². The predicted octanol–water partition coefficient (Wildman–Crippen LogP) is 3.39. The van der Waals surface area contributed by atoms with Crippen LogP contribution in [0.2, 0.25) is 0 Å². The summed E-state index contributed by atoms with van der Waals surface area (Å²) in [5, 5.41) is 15.7. The summed E-state index contributed by atoms with van der Waals surface area (Å²) in [7, 11) is 0. The molecule has 12 nitrogen and oxygen atoms in total. The Morgan fingerprint density at radius 2 is 1.55 bits per heavy atom. The van der Waals surface area contributed by atoms with Gasteiger partial charge in [0, 0.05) is 11.6 Å². The van der Waals surface area contributed by atoms with Gasteiger partial charge in [-0.3, -0.25) is 14.4 Å². The molecule has 1 saturated carbocycles. The summed E-state index contributed by atoms with van der Waals surface area (Å²) < 4.78 is 20.1. The summed E-state index contributed by atoms with van der Waals surface area (Å²) in [6, 6.07) is 7.04. The van der Waals surface area contributed by atoms with Gasteiger partial charge in [-0.1, -0.05) is 12.1 Å². The lowest BCUT2D eigenvalue weighted by molar-refractivity contribution is -0.172. The number of Topliss-reactive ketones (excluding diaryl/α,β-unsaturated/α-hetero) is 1. The Kier molecular flexibility index (Phi) is 10.0. The van der Waals surface area contributed by atoms with Crippen molar-refractivity contribution in [3.8, 4) is 0 Å². The van der Waals surface area contributed by atoms with E-state index in [2.05, 4.69) is 10.6 Å². The molecule has 2 unspecified atom stereocenters. The highest BCUT2D eigenvalue weighted by Gasteiger charge is 2.58. The van der Waals surface area contributed by atoms with E-state index in [-0.39, 0.29) is 23.9 Å². The minimum Gasteiger partial charge on any atom is -0.427 e. The average molecular weight is 589 g/mol. The monoisotopic (exact) mass is 588 g/mol. The molecule has 2 aliphatic rings. The fourth-order valence-corrected chi connectivity index (χ4v) is 4.84. The number of allylic oxidation sites excluding steroid dienone is 1. The van der Waals surface area contributed by atoms with Crippen molar-refractivity contribution in [3.63, 3.8) is 0 Å². The third kappa shape index (κ3) is 7.67. The molecule has 1 fully saturated rings. The van der Waals surface area contributed by atoms with Gasteiger partial charge in [-0.15, -0.1) is 0 Å². The lowest BCUT2D eigenvalue weighted by Gasteiger charge is -2.41. The number of rotatable bonds is 10. The zero-order valence-corrected chi connectivity index (χ0v) is 25.1. The van der Waals surface area contributed by atoms with Crippen LogP contribution in [0.15, 0.2) is 29.8 Å². The molecule has 0 heterocycles. The Balaban J connectivity index is 1.68. The molecule has 0 radical (unpaired) electrons. The lowest BCUT2D eigenvalue weighted by atomic mass is 9.61. The van der Waals surface area contributed by atoms with E-state index in [0.717, 1.165) is 0 Å². The number of benzene rings is 1. The number of anilines is 1. The zero-order valence-electron chi connectivity index (χ0n) is 25.1. The summed E-state index contributed by atoms with van der Waals surface area (Å²) in [5.74, 6) is -3.59. The Morgan fingerprint density at radius 1 is 0.952 bits per heavy atom. The molecule has 1 aromatic carbocycles. The number of ketones is 1. The third-order valence-corrected chi connectivity index (χ3v) is 7.06. The molecule has 0 bridgehead atoms. The van der Waals surface area contributed by atoms with Gasteiger partial charge < -0.3 is 34.7 Å². The minimum absolute atomic E-state index is 0.0174. The molecule has 0 aliphatic heterocycles. The van der Waals surface area contributed by atoms with Crippen LogP contribution in [0, 0.1) is 28.6 Å². The molecular formula is C30H40N2O10. The lowest BCUT2D eigenvalue weighted by Crippen LogP contribution is -2.51. The molecule has 230 valence electrons. The summed E-state index contributed by atoms with van der Waals surface area (Å²) in [6.07, 6.45) is -1.28. The van der Waals surface area contributed by atoms with Gasteiger partial charge in [0.05, 0.1) is 35.1 Å². The van der Waals surface area contributed by atoms with Gasteiger partial charge in [-0.05, 0) is 84.1 Å². The van der Waals surface area contributed by atoms with E-state index in [0.29, 0.717) is 23.2 Å². The summed E-state index contributed by atoms with van der Waals surface area (Å²) >= 11 is 0. The fraction of sp³-hybridized carbons (Fsp3) is 0.567. The van der Waals surface area contributed by atoms with E-state index >= 15 is 0 Å². The Labute approximate surface area is 245 Å². The van der Waals surface area contributed by atoms with Crippen molar-refractivity contribution in [1.29, 1.82) is 0 Å². The molecule has 2 aliphatic carbocycles. The van der Waals surface area contributed by atoms with Gasteiger partial charge >= 0.3 is 24.0 Å². The first kappa shape index (κ1) is 32.6. The van der Waals surface area contributed by atoms with Gasteiger partial charge in [-0.2, -0.15) is 0 Å². The fourth-order valence-electron chi connectivity index (χ4n) is 4.84. The van der Waals surface area contributed by atoms with Crippen LogP contribution < -0.4 is 10.6 Å². The normalized spacial score (nSPS) is 20.6. The Morgan fingerprint density at radius 3 is 2.12 bits per heavy atom. The average Bonchev–Trinajstić information content (AvgIpc) is 3.22. The maximum Gasteiger partial charge on any atom is 0.411 e. The smallest absolute Gasteiger partial charge is 0.411 e. The van der Waals surface area contributed by atoms with E-state index < -0.39 is 66.4 Å². The molecule has 3 rings (SSSR count). The number of aliphatic hydroxyl groups is 1. The van der Waals surface area contributed by atoms with Crippen LogP contribution >= 0.6 is 0 Å². The number of hydrogen-bond donors (Lipinski definition) is 3. The first-order chi connectivity index (χ1) is 19.5. The first-order valence-electron chi connectivity index (χ1n) is 13.7. The number of fused-ring (bicyclic) bond motifs is 1. The number of aliphatic hydroxyl groups excluding tert-OH is 1. The Hall–Kier alpha value is -3.93. The highest BCUT2D eigenvalue weighted by molar-refractivity contribution is 6.10. The van der Waals surface area contributed by atoms with Crippen LogP contribution in [0.5, 0.6) is 0 Å². The minimum atomic E-state index is -0.862. The molecule has 3 N–H and O–H groups in total. The number of ether oxygens (including phenoxy) is 4. The second-order valence-corrected chi connectivity index (χ2v) is 12.5. The number of carbonyl (C=O) groups is 5. The van der Waals surface area contributed by atoms with Crippen molar-refractivity contribution >= 4 is 41.0 Å². The second kappa shape index (κ2) is 12.9. The van der Waals surface area contributed by atoms with Crippen LogP contribution in [-0.2, 0) is 38.1 Å². The van der Waals surface area contributed by atoms with Gasteiger partial charge in [-0.25, -0.2) is 9.59 Å². The van der Waals surface area contributed by atoms with Crippen molar-refractivity contribution in [1.82, 2.24) is 5.32 Å². The maximum absolute atomic E-state index is 13.2. The van der Waals surface area contributed by atoms with Gasteiger partial charge in [0.1, 0.15) is 5.78 Å². The van der Waals surface area contributed by atoms with Gasteiger partial charge in [0.2, 0.25) is 13.6 Å². The van der Waals surface area contributed by atoms with Crippen molar-refractivity contribution in [3.05, 3.63) is 35.4 Å². The SMILES string of the molecule is C[C@@H](O)[C@H]1C(=O)C2C(C(=O)OCOC(=O)C(C)(C)C)=C(c3cccc(NCNC(=O)OCOC(=O)C(C)(C)C)c3)CC21. The maximum atomic E-state index is 13.2. The first-order valence-corrected chi connectivity index (χ1v) is 13.7. The van der Waals surface area contributed by atoms with E-state index in [1.165, 1.54) is 0 Å². The van der Waals surface area contributed by atoms with Crippen molar-refractivity contribution < 1.29 is 48.0 Å². The molecule has 12 heteroatoms. The van der Waals surface area contributed by atoms with E-state index in [1.807, 2.05) is 0 Å². The van der Waals surface area contributed by atoms with Crippen LogP contribution in [0.25, 0.3) is 5.57 Å². The molecule has 1 aromatic rings. The molecule has 0 aromatic heterocycles. The van der Waals surface area contributed by atoms with E-state index in [4.69, 9.17) is 18.9 Å². The van der Waals surface area contributed by atoms with Crippen LogP contribution in [0.3, 0.4) is 0 Å². The Bertz CT molecular complexity index is 1260. The van der Waals surface area contributed by atoms with E-state index in [9.17, 15) is 29.1 Å². The van der Waals surface area contributed by atoms with Crippen molar-refractivity contribution in [2.75, 3.05) is 25.6 Å². The number of alkyl carbamates (subject to hydrolysis) is 1. The number of hydrogen-bond acceptors (Lipinski definition) is 11. The number of nitrogens with one attached hydrogen (secondary N) is 2. The molecule has 1 amide bonds. The third-order valence-electron chi connectivity index (χ3n) is 7.06. The highest BCUT2D eigenvalue weighted by Crippen LogP contribution is 2.55.